The van der Waals surface area contributed by atoms with E-state index in [1.165, 1.54) is 64.7 Å². The van der Waals surface area contributed by atoms with Gasteiger partial charge in [0.1, 0.15) is 24.6 Å². The van der Waals surface area contributed by atoms with E-state index in [4.69, 9.17) is 20.3 Å². The monoisotopic (exact) mass is 760 g/mol. The Balaban J connectivity index is 0.000000204. The molecule has 0 radical (unpaired) electrons. The Morgan fingerprint density at radius 1 is 0.691 bits per heavy atom. The largest absolute Gasteiger partial charge is 0.496 e. The molecule has 19 heteroatoms. The zero-order chi connectivity index (χ0) is 40.4. The van der Waals surface area contributed by atoms with Crippen molar-refractivity contribution in [3.05, 3.63) is 114 Å². The SMILES string of the molecule is COc1ccccc1CCN.COc1ccccc1CCNC(=O)Cn1cnc2c1c(=O)n(C)c(=O)n2C.Cn1c(=O)c2c(ncn2CC(=O)O)n(C)c1=O. The summed E-state index contributed by atoms with van der Waals surface area (Å²) >= 11 is 0. The van der Waals surface area contributed by atoms with Crippen LogP contribution in [0.5, 0.6) is 11.5 Å². The highest BCUT2D eigenvalue weighted by atomic mass is 16.5. The smallest absolute Gasteiger partial charge is 0.332 e. The van der Waals surface area contributed by atoms with E-state index >= 15 is 0 Å². The second-order valence-electron chi connectivity index (χ2n) is 12.2. The van der Waals surface area contributed by atoms with Gasteiger partial charge in [0.25, 0.3) is 11.1 Å². The van der Waals surface area contributed by atoms with Gasteiger partial charge in [0.05, 0.1) is 26.9 Å². The van der Waals surface area contributed by atoms with Crippen LogP contribution in [0.4, 0.5) is 0 Å². The van der Waals surface area contributed by atoms with E-state index in [0.29, 0.717) is 19.5 Å². The Bertz CT molecular complexity index is 2560. The number of carbonyl (C=O) groups excluding carboxylic acids is 1. The van der Waals surface area contributed by atoms with Crippen molar-refractivity contribution < 1.29 is 24.2 Å². The first-order valence-corrected chi connectivity index (χ1v) is 16.9. The average Bonchev–Trinajstić information content (AvgIpc) is 3.80. The number of hydrogen-bond donors (Lipinski definition) is 3. The third kappa shape index (κ3) is 9.25. The maximum atomic E-state index is 12.4. The van der Waals surface area contributed by atoms with Crippen LogP contribution in [0.1, 0.15) is 11.1 Å². The Morgan fingerprint density at radius 3 is 1.56 bits per heavy atom. The van der Waals surface area contributed by atoms with Crippen LogP contribution in [0, 0.1) is 0 Å². The lowest BCUT2D eigenvalue weighted by molar-refractivity contribution is -0.137. The third-order valence-corrected chi connectivity index (χ3v) is 8.57. The lowest BCUT2D eigenvalue weighted by atomic mass is 10.1. The van der Waals surface area contributed by atoms with E-state index in [1.54, 1.807) is 14.2 Å². The summed E-state index contributed by atoms with van der Waals surface area (Å²) in [4.78, 5) is 78.7. The van der Waals surface area contributed by atoms with Gasteiger partial charge in [-0.05, 0) is 42.6 Å². The number of carbonyl (C=O) groups is 2. The molecule has 4 aromatic heterocycles. The van der Waals surface area contributed by atoms with Gasteiger partial charge in [-0.1, -0.05) is 36.4 Å². The molecular formula is C36H44N10O9. The lowest BCUT2D eigenvalue weighted by Crippen LogP contribution is -2.38. The number of nitrogens with zero attached hydrogens (tertiary/aromatic N) is 8. The van der Waals surface area contributed by atoms with Crippen molar-refractivity contribution in [3.8, 4) is 11.5 Å². The summed E-state index contributed by atoms with van der Waals surface area (Å²) in [5.41, 5.74) is 6.38. The van der Waals surface area contributed by atoms with E-state index in [-0.39, 0.29) is 41.3 Å². The number of nitrogens with one attached hydrogen (secondary N) is 1. The van der Waals surface area contributed by atoms with Gasteiger partial charge in [-0.25, -0.2) is 19.6 Å². The summed E-state index contributed by atoms with van der Waals surface area (Å²) < 4.78 is 17.5. The molecule has 292 valence electrons. The number of fused-ring (bicyclic) bond motifs is 2. The van der Waals surface area contributed by atoms with Crippen LogP contribution < -0.4 is 43.0 Å². The third-order valence-electron chi connectivity index (χ3n) is 8.57. The molecule has 0 aliphatic heterocycles. The van der Waals surface area contributed by atoms with Crippen molar-refractivity contribution >= 4 is 34.2 Å². The van der Waals surface area contributed by atoms with Crippen molar-refractivity contribution in [2.75, 3.05) is 27.3 Å². The number of aromatic nitrogens is 8. The van der Waals surface area contributed by atoms with Gasteiger partial charge in [0.2, 0.25) is 5.91 Å². The molecule has 6 rings (SSSR count). The minimum absolute atomic E-state index is 0.0597. The number of para-hydroxylation sites is 2. The number of methoxy groups -OCH3 is 2. The average molecular weight is 761 g/mol. The Kier molecular flexibility index (Phi) is 13.7. The van der Waals surface area contributed by atoms with Crippen LogP contribution in [0.15, 0.2) is 80.4 Å². The van der Waals surface area contributed by atoms with Crippen molar-refractivity contribution in [2.45, 2.75) is 25.9 Å². The molecule has 0 fully saturated rings. The second kappa shape index (κ2) is 18.3. The Hall–Kier alpha value is -6.76. The first-order chi connectivity index (χ1) is 26.2. The zero-order valence-electron chi connectivity index (χ0n) is 31.4. The van der Waals surface area contributed by atoms with E-state index in [9.17, 15) is 28.8 Å². The number of hydrogen-bond acceptors (Lipinski definition) is 11. The first-order valence-electron chi connectivity index (χ1n) is 16.9. The summed E-state index contributed by atoms with van der Waals surface area (Å²) in [5, 5.41) is 11.5. The molecule has 55 heavy (non-hydrogen) atoms. The highest BCUT2D eigenvalue weighted by Crippen LogP contribution is 2.18. The maximum absolute atomic E-state index is 12.4. The number of ether oxygens (including phenoxy) is 2. The maximum Gasteiger partial charge on any atom is 0.332 e. The molecule has 1 amide bonds. The molecule has 0 bridgehead atoms. The predicted octanol–water partition coefficient (Wildman–Crippen LogP) is -0.484. The molecule has 0 saturated heterocycles. The highest BCUT2D eigenvalue weighted by molar-refractivity contribution is 5.79. The molecule has 4 N–H and O–H groups in total. The fourth-order valence-corrected chi connectivity index (χ4v) is 5.70. The van der Waals surface area contributed by atoms with E-state index in [1.807, 2.05) is 48.5 Å². The quantitative estimate of drug-likeness (QED) is 0.152. The van der Waals surface area contributed by atoms with E-state index < -0.39 is 28.5 Å². The molecule has 19 nitrogen and oxygen atoms in total. The van der Waals surface area contributed by atoms with E-state index in [2.05, 4.69) is 15.3 Å². The fraction of sp³-hybridized carbons (Fsp3) is 0.333. The van der Waals surface area contributed by atoms with Gasteiger partial charge in [0, 0.05) is 34.7 Å². The number of nitrogens with two attached hydrogens (primary N) is 1. The predicted molar refractivity (Wildman–Crippen MR) is 204 cm³/mol. The molecule has 4 heterocycles. The summed E-state index contributed by atoms with van der Waals surface area (Å²) in [7, 11) is 9.03. The normalized spacial score (nSPS) is 10.7. The molecule has 0 spiro atoms. The van der Waals surface area contributed by atoms with Gasteiger partial charge in [-0.2, -0.15) is 0 Å². The van der Waals surface area contributed by atoms with Crippen LogP contribution >= 0.6 is 0 Å². The van der Waals surface area contributed by atoms with Gasteiger partial charge in [-0.3, -0.25) is 37.4 Å². The van der Waals surface area contributed by atoms with Crippen LogP contribution in [0.25, 0.3) is 22.3 Å². The summed E-state index contributed by atoms with van der Waals surface area (Å²) in [6, 6.07) is 15.5. The minimum Gasteiger partial charge on any atom is -0.496 e. The molecule has 0 aliphatic carbocycles. The minimum atomic E-state index is -1.08. The molecule has 2 aromatic carbocycles. The molecule has 0 unspecified atom stereocenters. The fourth-order valence-electron chi connectivity index (χ4n) is 5.70. The Morgan fingerprint density at radius 2 is 1.13 bits per heavy atom. The standard InChI is InChI=1S/C18H21N5O4.C9H10N4O4.C9H13NO/c1-21-16-15(17(25)22(2)18(21)26)23(11-20-16)10-14(24)19-9-8-12-6-4-5-7-13(12)27-3;1-11-7-6(8(16)12(2)9(11)17)13(4-10-7)3-5(14)15;1-11-9-5-3-2-4-8(9)6-7-10/h4-7,11H,8-10H2,1-3H3,(H,19,24);4H,3H2,1-2H3,(H,14,15);2-5H,6-7,10H2,1H3. The molecular weight excluding hydrogens is 716 g/mol. The Labute approximate surface area is 313 Å². The van der Waals surface area contributed by atoms with Crippen LogP contribution in [0.3, 0.4) is 0 Å². The van der Waals surface area contributed by atoms with Gasteiger partial charge >= 0.3 is 17.3 Å². The number of amides is 1. The number of carboxylic acid groups (broad SMARTS) is 1. The van der Waals surface area contributed by atoms with Gasteiger partial charge < -0.3 is 34.8 Å². The van der Waals surface area contributed by atoms with Crippen LogP contribution in [-0.2, 0) is 63.7 Å². The number of rotatable bonds is 11. The zero-order valence-corrected chi connectivity index (χ0v) is 31.4. The molecule has 0 aliphatic rings. The van der Waals surface area contributed by atoms with Crippen molar-refractivity contribution in [3.63, 3.8) is 0 Å². The van der Waals surface area contributed by atoms with Crippen LogP contribution in [-0.4, -0.2) is 81.7 Å². The lowest BCUT2D eigenvalue weighted by Gasteiger charge is -2.10. The van der Waals surface area contributed by atoms with Crippen molar-refractivity contribution in [1.82, 2.24) is 42.7 Å². The first kappa shape index (κ1) is 41.0. The number of benzene rings is 2. The summed E-state index contributed by atoms with van der Waals surface area (Å²) in [5.74, 6) is 0.370. The van der Waals surface area contributed by atoms with Crippen molar-refractivity contribution in [2.24, 2.45) is 33.9 Å². The second-order valence-corrected chi connectivity index (χ2v) is 12.2. The van der Waals surface area contributed by atoms with E-state index in [0.717, 1.165) is 32.6 Å². The van der Waals surface area contributed by atoms with Gasteiger partial charge in [0.15, 0.2) is 22.3 Å². The van der Waals surface area contributed by atoms with Gasteiger partial charge in [-0.15, -0.1) is 0 Å². The highest BCUT2D eigenvalue weighted by Gasteiger charge is 2.17. The topological polar surface area (TPSA) is 235 Å². The van der Waals surface area contributed by atoms with Crippen LogP contribution in [0.2, 0.25) is 0 Å². The molecule has 0 saturated carbocycles. The number of imidazole rings is 2. The molecule has 0 atom stereocenters. The molecule has 6 aromatic rings. The number of aryl methyl sites for hydroxylation is 2. The summed E-state index contributed by atoms with van der Waals surface area (Å²) in [6.45, 7) is 0.669. The number of carboxylic acids is 1. The van der Waals surface area contributed by atoms with Crippen molar-refractivity contribution in [1.29, 1.82) is 0 Å². The summed E-state index contributed by atoms with van der Waals surface area (Å²) in [6.07, 6.45) is 4.13. The number of aliphatic carboxylic acids is 1.